The molecule has 1 aliphatic heterocycles. The summed E-state index contributed by atoms with van der Waals surface area (Å²) in [5, 5.41) is 9.07. The van der Waals surface area contributed by atoms with Crippen molar-refractivity contribution in [1.82, 2.24) is 4.90 Å². The molecule has 0 spiro atoms. The van der Waals surface area contributed by atoms with Crippen LogP contribution in [0.15, 0.2) is 24.3 Å². The summed E-state index contributed by atoms with van der Waals surface area (Å²) in [6.07, 6.45) is 2.03. The molecule has 1 saturated carbocycles. The Bertz CT molecular complexity index is 614. The van der Waals surface area contributed by atoms with Crippen molar-refractivity contribution in [2.75, 3.05) is 19.7 Å². The number of ether oxygens (including phenoxy) is 1. The second-order valence-corrected chi connectivity index (χ2v) is 6.39. The van der Waals surface area contributed by atoms with Crippen molar-refractivity contribution in [3.05, 3.63) is 35.6 Å². The van der Waals surface area contributed by atoms with Gasteiger partial charge in [-0.25, -0.2) is 9.18 Å². The molecule has 0 aromatic heterocycles. The standard InChI is InChI=1S/C17H20FNO4/c18-13-4-1-3-12(9-13)10-17(5-2-6-17)16(22)19-7-8-23-14(11-19)15(20)21/h1,3-4,9,14H,2,5-8,10-11H2,(H,20,21). The van der Waals surface area contributed by atoms with Gasteiger partial charge in [0.05, 0.1) is 18.6 Å². The van der Waals surface area contributed by atoms with E-state index in [1.54, 1.807) is 11.0 Å². The highest BCUT2D eigenvalue weighted by molar-refractivity contribution is 5.85. The Morgan fingerprint density at radius 1 is 1.39 bits per heavy atom. The molecule has 0 radical (unpaired) electrons. The van der Waals surface area contributed by atoms with Crippen molar-refractivity contribution in [2.45, 2.75) is 31.8 Å². The third-order valence-electron chi connectivity index (χ3n) is 4.82. The normalized spacial score (nSPS) is 23.2. The zero-order valence-electron chi connectivity index (χ0n) is 12.8. The largest absolute Gasteiger partial charge is 0.479 e. The molecule has 5 nitrogen and oxygen atoms in total. The summed E-state index contributed by atoms with van der Waals surface area (Å²) < 4.78 is 18.6. The van der Waals surface area contributed by atoms with Crippen LogP contribution in [0, 0.1) is 11.2 Å². The van der Waals surface area contributed by atoms with Gasteiger partial charge in [0.2, 0.25) is 5.91 Å². The lowest BCUT2D eigenvalue weighted by molar-refractivity contribution is -0.165. The molecule has 23 heavy (non-hydrogen) atoms. The van der Waals surface area contributed by atoms with Crippen molar-refractivity contribution in [3.63, 3.8) is 0 Å². The SMILES string of the molecule is O=C(O)C1CN(C(=O)C2(Cc3cccc(F)c3)CCC2)CCO1. The molecule has 1 N–H and O–H groups in total. The van der Waals surface area contributed by atoms with E-state index in [4.69, 9.17) is 9.84 Å². The van der Waals surface area contributed by atoms with Gasteiger partial charge in [-0.3, -0.25) is 4.79 Å². The number of hydrogen-bond acceptors (Lipinski definition) is 3. The Labute approximate surface area is 134 Å². The molecule has 1 amide bonds. The van der Waals surface area contributed by atoms with Gasteiger partial charge >= 0.3 is 5.97 Å². The second kappa shape index (κ2) is 6.28. The van der Waals surface area contributed by atoms with Gasteiger partial charge in [0, 0.05) is 6.54 Å². The number of carbonyl (C=O) groups is 2. The number of morpholine rings is 1. The van der Waals surface area contributed by atoms with Crippen LogP contribution in [0.3, 0.4) is 0 Å². The smallest absolute Gasteiger partial charge is 0.334 e. The van der Waals surface area contributed by atoms with E-state index in [1.807, 2.05) is 6.07 Å². The first-order chi connectivity index (χ1) is 11.0. The lowest BCUT2D eigenvalue weighted by atomic mass is 9.64. The summed E-state index contributed by atoms with van der Waals surface area (Å²) in [5.41, 5.74) is 0.287. The van der Waals surface area contributed by atoms with E-state index in [2.05, 4.69) is 0 Å². The van der Waals surface area contributed by atoms with Crippen LogP contribution in [0.25, 0.3) is 0 Å². The number of carboxylic acid groups (broad SMARTS) is 1. The van der Waals surface area contributed by atoms with E-state index in [9.17, 15) is 14.0 Å². The van der Waals surface area contributed by atoms with E-state index in [0.717, 1.165) is 24.8 Å². The highest BCUT2D eigenvalue weighted by atomic mass is 19.1. The van der Waals surface area contributed by atoms with Crippen molar-refractivity contribution < 1.29 is 23.8 Å². The Hall–Kier alpha value is -1.95. The Morgan fingerprint density at radius 3 is 2.78 bits per heavy atom. The maximum atomic E-state index is 13.4. The Balaban J connectivity index is 1.74. The Kier molecular flexibility index (Phi) is 4.35. The van der Waals surface area contributed by atoms with Crippen LogP contribution in [0.1, 0.15) is 24.8 Å². The van der Waals surface area contributed by atoms with Crippen LogP contribution in [-0.2, 0) is 20.7 Å². The van der Waals surface area contributed by atoms with E-state index >= 15 is 0 Å². The molecule has 2 fully saturated rings. The Morgan fingerprint density at radius 2 is 2.17 bits per heavy atom. The number of benzene rings is 1. The van der Waals surface area contributed by atoms with Crippen molar-refractivity contribution in [2.24, 2.45) is 5.41 Å². The lowest BCUT2D eigenvalue weighted by Crippen LogP contribution is -2.55. The molecule has 124 valence electrons. The van der Waals surface area contributed by atoms with Gasteiger partial charge in [0.25, 0.3) is 0 Å². The summed E-state index contributed by atoms with van der Waals surface area (Å²) in [4.78, 5) is 25.6. The number of carbonyl (C=O) groups excluding carboxylic acids is 1. The third-order valence-corrected chi connectivity index (χ3v) is 4.82. The fourth-order valence-corrected chi connectivity index (χ4v) is 3.43. The summed E-state index contributed by atoms with van der Waals surface area (Å²) in [6, 6.07) is 6.33. The number of hydrogen-bond donors (Lipinski definition) is 1. The third kappa shape index (κ3) is 3.22. The first-order valence-electron chi connectivity index (χ1n) is 7.88. The number of aliphatic carboxylic acids is 1. The molecule has 0 bridgehead atoms. The van der Waals surface area contributed by atoms with Gasteiger partial charge in [-0.1, -0.05) is 18.6 Å². The van der Waals surface area contributed by atoms with Crippen LogP contribution in [0.2, 0.25) is 0 Å². The number of amides is 1. The number of halogens is 1. The van der Waals surface area contributed by atoms with E-state index < -0.39 is 17.5 Å². The molecule has 1 aromatic rings. The van der Waals surface area contributed by atoms with Crippen LogP contribution >= 0.6 is 0 Å². The molecule has 1 saturated heterocycles. The number of rotatable bonds is 4. The molecular formula is C17H20FNO4. The molecule has 1 heterocycles. The van der Waals surface area contributed by atoms with Crippen LogP contribution in [0.5, 0.6) is 0 Å². The minimum atomic E-state index is -1.05. The van der Waals surface area contributed by atoms with Crippen molar-refractivity contribution >= 4 is 11.9 Å². The maximum Gasteiger partial charge on any atom is 0.334 e. The molecule has 1 aliphatic carbocycles. The number of carboxylic acids is 1. The zero-order valence-corrected chi connectivity index (χ0v) is 12.8. The maximum absolute atomic E-state index is 13.4. The average Bonchev–Trinajstić information content (AvgIpc) is 2.50. The molecule has 2 aliphatic rings. The van der Waals surface area contributed by atoms with Crippen LogP contribution < -0.4 is 0 Å². The van der Waals surface area contributed by atoms with Gasteiger partial charge in [0.15, 0.2) is 6.10 Å². The van der Waals surface area contributed by atoms with Crippen LogP contribution in [-0.4, -0.2) is 47.7 Å². The molecule has 3 rings (SSSR count). The van der Waals surface area contributed by atoms with Gasteiger partial charge in [-0.2, -0.15) is 0 Å². The van der Waals surface area contributed by atoms with E-state index in [-0.39, 0.29) is 24.9 Å². The lowest BCUT2D eigenvalue weighted by Gasteiger charge is -2.45. The summed E-state index contributed by atoms with van der Waals surface area (Å²) >= 11 is 0. The number of nitrogens with zero attached hydrogens (tertiary/aromatic N) is 1. The first kappa shape index (κ1) is 15.9. The fraction of sp³-hybridized carbons (Fsp3) is 0.529. The summed E-state index contributed by atoms with van der Waals surface area (Å²) in [7, 11) is 0. The van der Waals surface area contributed by atoms with Gasteiger partial charge in [-0.15, -0.1) is 0 Å². The minimum Gasteiger partial charge on any atom is -0.479 e. The van der Waals surface area contributed by atoms with Gasteiger partial charge < -0.3 is 14.7 Å². The fourth-order valence-electron chi connectivity index (χ4n) is 3.43. The highest BCUT2D eigenvalue weighted by Crippen LogP contribution is 2.45. The van der Waals surface area contributed by atoms with Gasteiger partial charge in [0.1, 0.15) is 5.82 Å². The average molecular weight is 321 g/mol. The zero-order chi connectivity index (χ0) is 16.4. The summed E-state index contributed by atoms with van der Waals surface area (Å²) in [5.74, 6) is -1.38. The predicted molar refractivity (Wildman–Crippen MR) is 80.3 cm³/mol. The van der Waals surface area contributed by atoms with Gasteiger partial charge in [-0.05, 0) is 37.0 Å². The predicted octanol–water partition coefficient (Wildman–Crippen LogP) is 1.85. The summed E-state index contributed by atoms with van der Waals surface area (Å²) in [6.45, 7) is 0.728. The topological polar surface area (TPSA) is 66.8 Å². The molecule has 1 aromatic carbocycles. The van der Waals surface area contributed by atoms with Crippen LogP contribution in [0.4, 0.5) is 4.39 Å². The highest BCUT2D eigenvalue weighted by Gasteiger charge is 2.47. The monoisotopic (exact) mass is 321 g/mol. The molecule has 1 unspecified atom stereocenters. The molecule has 1 atom stereocenters. The quantitative estimate of drug-likeness (QED) is 0.919. The molecular weight excluding hydrogens is 301 g/mol. The van der Waals surface area contributed by atoms with E-state index in [0.29, 0.717) is 13.0 Å². The van der Waals surface area contributed by atoms with Crippen molar-refractivity contribution in [1.29, 1.82) is 0 Å². The molecule has 6 heteroatoms. The first-order valence-corrected chi connectivity index (χ1v) is 7.88. The van der Waals surface area contributed by atoms with Crippen molar-refractivity contribution in [3.8, 4) is 0 Å². The second-order valence-electron chi connectivity index (χ2n) is 6.39. The van der Waals surface area contributed by atoms with E-state index in [1.165, 1.54) is 12.1 Å². The minimum absolute atomic E-state index is 0.0254.